The number of hydrogen-bond acceptors (Lipinski definition) is 6. The Bertz CT molecular complexity index is 1470. The second kappa shape index (κ2) is 11.7. The van der Waals surface area contributed by atoms with E-state index in [0.29, 0.717) is 25.8 Å². The number of ether oxygens (including phenoxy) is 1. The zero-order valence-corrected chi connectivity index (χ0v) is 24.7. The number of nitrogens with two attached hydrogens (primary N) is 1. The molecule has 3 aromatic rings. The first kappa shape index (κ1) is 29.8. The van der Waals surface area contributed by atoms with Crippen molar-refractivity contribution in [2.45, 2.75) is 88.9 Å². The lowest BCUT2D eigenvalue weighted by Gasteiger charge is -2.38. The quantitative estimate of drug-likeness (QED) is 0.263. The normalized spacial score (nSPS) is 18.8. The summed E-state index contributed by atoms with van der Waals surface area (Å²) >= 11 is 0. The summed E-state index contributed by atoms with van der Waals surface area (Å²) in [5, 5.41) is 3.81. The Morgan fingerprint density at radius 3 is 2.45 bits per heavy atom. The molecule has 0 saturated carbocycles. The molecule has 3 unspecified atom stereocenters. The number of nitrogens with one attached hydrogen (secondary N) is 2. The summed E-state index contributed by atoms with van der Waals surface area (Å²) in [6.07, 6.45) is 1.63. The molecule has 3 atom stereocenters. The molecule has 1 amide bonds. The number of aromatic nitrogens is 1. The van der Waals surface area contributed by atoms with Crippen LogP contribution in [0.15, 0.2) is 53.4 Å². The summed E-state index contributed by atoms with van der Waals surface area (Å²) in [7, 11) is -4.07. The van der Waals surface area contributed by atoms with Crippen molar-refractivity contribution < 1.29 is 22.7 Å². The van der Waals surface area contributed by atoms with Crippen LogP contribution in [0.2, 0.25) is 0 Å². The Morgan fingerprint density at radius 1 is 1.12 bits per heavy atom. The highest BCUT2D eigenvalue weighted by molar-refractivity contribution is 7.89. The van der Waals surface area contributed by atoms with Crippen LogP contribution in [-0.4, -0.2) is 53.8 Å². The molecule has 9 nitrogen and oxygen atoms in total. The van der Waals surface area contributed by atoms with Gasteiger partial charge in [0, 0.05) is 22.5 Å². The number of para-hydroxylation sites is 1. The molecule has 0 spiro atoms. The molecular formula is C30H40N4O5S. The maximum Gasteiger partial charge on any atom is 0.329 e. The highest BCUT2D eigenvalue weighted by Crippen LogP contribution is 2.40. The summed E-state index contributed by atoms with van der Waals surface area (Å²) in [5.41, 5.74) is 8.37. The van der Waals surface area contributed by atoms with Gasteiger partial charge in [0.25, 0.3) is 0 Å². The third-order valence-electron chi connectivity index (χ3n) is 7.23. The smallest absolute Gasteiger partial charge is 0.329 e. The van der Waals surface area contributed by atoms with Crippen LogP contribution in [0.1, 0.15) is 69.7 Å². The standard InChI is InChI=1S/C30H40N4O5S/c1-19-13-15-21(16-14-19)40(37,38)34-18-25-26(22-10-6-7-11-23(22)32-25)20(2)27(34)28(35)33-24(12-8-9-17-31)29(36)39-30(3,4)5/h6-7,10-11,13-16,20,24,27,32H,8-9,12,17-18,31H2,1-5H3,(H,33,35). The van der Waals surface area contributed by atoms with Crippen molar-refractivity contribution >= 4 is 32.8 Å². The number of aromatic amines is 1. The highest BCUT2D eigenvalue weighted by Gasteiger charge is 2.46. The number of nitrogens with zero attached hydrogens (tertiary/aromatic N) is 1. The van der Waals surface area contributed by atoms with Gasteiger partial charge in [0.15, 0.2) is 0 Å². The van der Waals surface area contributed by atoms with Crippen LogP contribution in [0.25, 0.3) is 10.9 Å². The molecule has 1 aliphatic rings. The lowest BCUT2D eigenvalue weighted by Crippen LogP contribution is -2.57. The molecule has 4 rings (SSSR count). The van der Waals surface area contributed by atoms with E-state index >= 15 is 0 Å². The largest absolute Gasteiger partial charge is 0.458 e. The molecule has 0 fully saturated rings. The minimum Gasteiger partial charge on any atom is -0.458 e. The monoisotopic (exact) mass is 568 g/mol. The summed E-state index contributed by atoms with van der Waals surface area (Å²) < 4.78 is 34.9. The number of unbranched alkanes of at least 4 members (excludes halogenated alkanes) is 1. The maximum absolute atomic E-state index is 14.1. The van der Waals surface area contributed by atoms with Gasteiger partial charge in [0.1, 0.15) is 17.7 Å². The van der Waals surface area contributed by atoms with Crippen LogP contribution in [0.4, 0.5) is 0 Å². The van der Waals surface area contributed by atoms with Crippen LogP contribution < -0.4 is 11.1 Å². The number of amides is 1. The van der Waals surface area contributed by atoms with Gasteiger partial charge >= 0.3 is 5.97 Å². The molecule has 10 heteroatoms. The van der Waals surface area contributed by atoms with E-state index in [-0.39, 0.29) is 11.4 Å². The number of esters is 1. The van der Waals surface area contributed by atoms with Crippen molar-refractivity contribution in [3.63, 3.8) is 0 Å². The average Bonchev–Trinajstić information content (AvgIpc) is 3.26. The van der Waals surface area contributed by atoms with E-state index < -0.39 is 45.5 Å². The molecule has 0 radical (unpaired) electrons. The minimum absolute atomic E-state index is 0.00702. The number of carbonyl (C=O) groups is 2. The topological polar surface area (TPSA) is 135 Å². The number of sulfonamides is 1. The molecule has 4 N–H and O–H groups in total. The Morgan fingerprint density at radius 2 is 1.80 bits per heavy atom. The fourth-order valence-corrected chi connectivity index (χ4v) is 6.96. The van der Waals surface area contributed by atoms with Crippen molar-refractivity contribution in [2.75, 3.05) is 6.54 Å². The third kappa shape index (κ3) is 6.24. The summed E-state index contributed by atoms with van der Waals surface area (Å²) in [6.45, 7) is 9.49. The lowest BCUT2D eigenvalue weighted by atomic mass is 9.87. The van der Waals surface area contributed by atoms with Crippen LogP contribution in [-0.2, 0) is 30.9 Å². The first-order valence-corrected chi connectivity index (χ1v) is 15.2. The molecule has 216 valence electrons. The van der Waals surface area contributed by atoms with Crippen molar-refractivity contribution in [1.82, 2.24) is 14.6 Å². The van der Waals surface area contributed by atoms with Crippen molar-refractivity contribution in [3.8, 4) is 0 Å². The Labute approximate surface area is 236 Å². The summed E-state index contributed by atoms with van der Waals surface area (Å²) in [6, 6.07) is 12.3. The second-order valence-corrected chi connectivity index (χ2v) is 13.4. The van der Waals surface area contributed by atoms with Crippen LogP contribution in [0.3, 0.4) is 0 Å². The highest BCUT2D eigenvalue weighted by atomic mass is 32.2. The summed E-state index contributed by atoms with van der Waals surface area (Å²) in [4.78, 5) is 30.7. The van der Waals surface area contributed by atoms with Crippen LogP contribution in [0, 0.1) is 6.92 Å². The maximum atomic E-state index is 14.1. The van der Waals surface area contributed by atoms with Gasteiger partial charge in [-0.1, -0.05) is 42.8 Å². The van der Waals surface area contributed by atoms with Crippen LogP contribution >= 0.6 is 0 Å². The number of H-pyrrole nitrogens is 1. The Kier molecular flexibility index (Phi) is 8.72. The zero-order chi connectivity index (χ0) is 29.2. The van der Waals surface area contributed by atoms with Gasteiger partial charge in [-0.3, -0.25) is 4.79 Å². The molecule has 0 bridgehead atoms. The van der Waals surface area contributed by atoms with Gasteiger partial charge in [0.2, 0.25) is 15.9 Å². The van der Waals surface area contributed by atoms with Gasteiger partial charge in [0.05, 0.1) is 11.4 Å². The number of carbonyl (C=O) groups excluding carboxylic acids is 2. The van der Waals surface area contributed by atoms with E-state index in [9.17, 15) is 18.0 Å². The molecule has 2 aromatic carbocycles. The molecular weight excluding hydrogens is 528 g/mol. The van der Waals surface area contributed by atoms with Gasteiger partial charge < -0.3 is 20.8 Å². The predicted octanol–water partition coefficient (Wildman–Crippen LogP) is 4.11. The van der Waals surface area contributed by atoms with E-state index in [1.54, 1.807) is 45.0 Å². The molecule has 1 aromatic heterocycles. The van der Waals surface area contributed by atoms with Gasteiger partial charge in [-0.25, -0.2) is 13.2 Å². The first-order chi connectivity index (χ1) is 18.8. The van der Waals surface area contributed by atoms with E-state index in [2.05, 4.69) is 10.3 Å². The Balaban J connectivity index is 1.75. The fourth-order valence-electron chi connectivity index (χ4n) is 5.34. The van der Waals surface area contributed by atoms with E-state index in [1.165, 1.54) is 4.31 Å². The molecule has 0 aliphatic carbocycles. The zero-order valence-electron chi connectivity index (χ0n) is 23.9. The molecule has 40 heavy (non-hydrogen) atoms. The van der Waals surface area contributed by atoms with Gasteiger partial charge in [-0.2, -0.15) is 4.31 Å². The second-order valence-electron chi connectivity index (χ2n) is 11.5. The van der Waals surface area contributed by atoms with E-state index in [0.717, 1.165) is 27.7 Å². The van der Waals surface area contributed by atoms with Crippen molar-refractivity contribution in [2.24, 2.45) is 5.73 Å². The SMILES string of the molecule is Cc1ccc(S(=O)(=O)N2Cc3[nH]c4ccccc4c3C(C)C2C(=O)NC(CCCCN)C(=O)OC(C)(C)C)cc1. The fraction of sp³-hybridized carbons (Fsp3) is 0.467. The summed E-state index contributed by atoms with van der Waals surface area (Å²) in [5.74, 6) is -1.59. The van der Waals surface area contributed by atoms with E-state index in [4.69, 9.17) is 10.5 Å². The Hall–Kier alpha value is -3.21. The lowest BCUT2D eigenvalue weighted by molar-refractivity contribution is -0.159. The number of hydrogen-bond donors (Lipinski definition) is 3. The number of rotatable bonds is 9. The number of benzene rings is 2. The number of fused-ring (bicyclic) bond motifs is 3. The molecule has 1 aliphatic heterocycles. The third-order valence-corrected chi connectivity index (χ3v) is 9.07. The molecule has 2 heterocycles. The van der Waals surface area contributed by atoms with E-state index in [1.807, 2.05) is 38.1 Å². The van der Waals surface area contributed by atoms with Gasteiger partial charge in [-0.05, 0) is 77.3 Å². The van der Waals surface area contributed by atoms with Crippen molar-refractivity contribution in [3.05, 3.63) is 65.4 Å². The first-order valence-electron chi connectivity index (χ1n) is 13.7. The number of aryl methyl sites for hydroxylation is 1. The van der Waals surface area contributed by atoms with Gasteiger partial charge in [-0.15, -0.1) is 0 Å². The van der Waals surface area contributed by atoms with Crippen LogP contribution in [0.5, 0.6) is 0 Å². The molecule has 0 saturated heterocycles. The average molecular weight is 569 g/mol. The van der Waals surface area contributed by atoms with Crippen molar-refractivity contribution in [1.29, 1.82) is 0 Å². The minimum atomic E-state index is -4.07. The predicted molar refractivity (Wildman–Crippen MR) is 155 cm³/mol.